The lowest BCUT2D eigenvalue weighted by Gasteiger charge is -2.33. The van der Waals surface area contributed by atoms with Gasteiger partial charge in [0.05, 0.1) is 5.92 Å². The van der Waals surface area contributed by atoms with Gasteiger partial charge >= 0.3 is 11.8 Å². The van der Waals surface area contributed by atoms with Gasteiger partial charge in [-0.15, -0.1) is 0 Å². The summed E-state index contributed by atoms with van der Waals surface area (Å²) in [5.41, 5.74) is 0.140. The van der Waals surface area contributed by atoms with Crippen molar-refractivity contribution in [2.75, 3.05) is 0 Å². The quantitative estimate of drug-likeness (QED) is 0.201. The number of carbonyl (C=O) groups is 1. The van der Waals surface area contributed by atoms with Crippen molar-refractivity contribution in [1.29, 1.82) is 5.26 Å². The van der Waals surface area contributed by atoms with Crippen LogP contribution in [0.3, 0.4) is 0 Å². The maximum Gasteiger partial charge on any atom is 0.390 e. The number of benzene rings is 2. The largest absolute Gasteiger partial charge is 0.436 e. The van der Waals surface area contributed by atoms with Crippen LogP contribution in [0.2, 0.25) is 5.02 Å². The van der Waals surface area contributed by atoms with Gasteiger partial charge in [0.25, 0.3) is 0 Å². The number of pyridine rings is 1. The van der Waals surface area contributed by atoms with Gasteiger partial charge in [-0.1, -0.05) is 86.8 Å². The third-order valence-electron chi connectivity index (χ3n) is 5.93. The molecule has 1 heterocycles. The number of esters is 1. The van der Waals surface area contributed by atoms with Crippen molar-refractivity contribution in [1.82, 2.24) is 4.98 Å². The fraction of sp³-hybridized carbons (Fsp3) is 0.321. The van der Waals surface area contributed by atoms with Gasteiger partial charge in [0, 0.05) is 16.6 Å². The summed E-state index contributed by atoms with van der Waals surface area (Å²) in [5, 5.41) is 12.6. The highest BCUT2D eigenvalue weighted by atomic mass is 35.5. The summed E-state index contributed by atoms with van der Waals surface area (Å²) in [7, 11) is 0. The second-order valence-electron chi connectivity index (χ2n) is 9.17. The Hall–Kier alpha value is -2.78. The number of carbonyl (C=O) groups excluding carboxylic acids is 1. The Morgan fingerprint density at radius 3 is 2.22 bits per heavy atom. The highest BCUT2D eigenvalue weighted by Gasteiger charge is 2.45. The first-order valence-electron chi connectivity index (χ1n) is 11.5. The standard InChI is InChI=1S/C28H27Cl3N2O3/c1-17(2)23(14-25(30)31)26(18(3)4)27(34)36-28(16-32,35-22-11-9-21(29)10-12-22)24-13-19-7-5-6-8-20(19)15-33-24/h5-15,17-18,23,26H,1-4H3. The SMILES string of the molecule is CC(C)C(C=C(Cl)Cl)C(C(=O)OC(C#N)(Oc1ccc(Cl)cc1)c1cc2ccccc2cn1)C(C)C. The molecule has 3 rings (SSSR count). The fourth-order valence-electron chi connectivity index (χ4n) is 4.10. The summed E-state index contributed by atoms with van der Waals surface area (Å²) in [5.74, 6) is -3.61. The molecule has 0 saturated heterocycles. The summed E-state index contributed by atoms with van der Waals surface area (Å²) >= 11 is 18.0. The molecule has 0 aliphatic carbocycles. The Bertz CT molecular complexity index is 1280. The molecule has 0 amide bonds. The lowest BCUT2D eigenvalue weighted by atomic mass is 9.77. The van der Waals surface area contributed by atoms with E-state index >= 15 is 0 Å². The lowest BCUT2D eigenvalue weighted by molar-refractivity contribution is -0.193. The van der Waals surface area contributed by atoms with E-state index in [9.17, 15) is 10.1 Å². The summed E-state index contributed by atoms with van der Waals surface area (Å²) in [6.45, 7) is 7.74. The molecule has 3 unspecified atom stereocenters. The number of ether oxygens (including phenoxy) is 2. The number of fused-ring (bicyclic) bond motifs is 1. The minimum atomic E-state index is -2.15. The van der Waals surface area contributed by atoms with Crippen molar-refractivity contribution in [2.45, 2.75) is 33.5 Å². The molecule has 0 spiro atoms. The third-order valence-corrected chi connectivity index (χ3v) is 6.43. The molecule has 36 heavy (non-hydrogen) atoms. The molecule has 0 fully saturated rings. The number of allylic oxidation sites excluding steroid dienone is 1. The smallest absolute Gasteiger partial charge is 0.390 e. The maximum absolute atomic E-state index is 13.8. The highest BCUT2D eigenvalue weighted by molar-refractivity contribution is 6.55. The van der Waals surface area contributed by atoms with Crippen LogP contribution in [0.1, 0.15) is 33.4 Å². The molecule has 0 N–H and O–H groups in total. The predicted octanol–water partition coefficient (Wildman–Crippen LogP) is 8.05. The minimum Gasteiger partial charge on any atom is -0.436 e. The third kappa shape index (κ3) is 6.50. The van der Waals surface area contributed by atoms with Crippen LogP contribution in [0, 0.1) is 35.0 Å². The first kappa shape index (κ1) is 27.8. The molecule has 8 heteroatoms. The number of aromatic nitrogens is 1. The average molecular weight is 546 g/mol. The molecule has 3 atom stereocenters. The maximum atomic E-state index is 13.8. The molecule has 1 aromatic heterocycles. The normalized spacial score (nSPS) is 14.6. The monoisotopic (exact) mass is 544 g/mol. The van der Waals surface area contributed by atoms with Gasteiger partial charge in [-0.05, 0) is 59.5 Å². The second kappa shape index (κ2) is 12.0. The van der Waals surface area contributed by atoms with Gasteiger partial charge in [-0.3, -0.25) is 9.78 Å². The lowest BCUT2D eigenvalue weighted by Crippen LogP contribution is -2.42. The van der Waals surface area contributed by atoms with Crippen LogP contribution >= 0.6 is 34.8 Å². The van der Waals surface area contributed by atoms with Gasteiger partial charge < -0.3 is 9.47 Å². The zero-order chi connectivity index (χ0) is 26.5. The molecule has 0 aliphatic rings. The zero-order valence-corrected chi connectivity index (χ0v) is 22.7. The van der Waals surface area contributed by atoms with E-state index < -0.39 is 17.7 Å². The topological polar surface area (TPSA) is 72.2 Å². The first-order valence-corrected chi connectivity index (χ1v) is 12.7. The molecular weight excluding hydrogens is 519 g/mol. The number of halogens is 3. The zero-order valence-electron chi connectivity index (χ0n) is 20.4. The van der Waals surface area contributed by atoms with Crippen LogP contribution in [0.15, 0.2) is 71.4 Å². The summed E-state index contributed by atoms with van der Waals surface area (Å²) in [6, 6.07) is 17.7. The molecule has 0 radical (unpaired) electrons. The van der Waals surface area contributed by atoms with Crippen LogP contribution in [-0.4, -0.2) is 11.0 Å². The Balaban J connectivity index is 2.12. The van der Waals surface area contributed by atoms with Crippen molar-refractivity contribution in [3.8, 4) is 11.8 Å². The molecule has 2 aromatic carbocycles. The molecule has 0 saturated carbocycles. The highest BCUT2D eigenvalue weighted by Crippen LogP contribution is 2.36. The molecular formula is C28H27Cl3N2O3. The van der Waals surface area contributed by atoms with E-state index in [4.69, 9.17) is 44.3 Å². The van der Waals surface area contributed by atoms with E-state index in [1.807, 2.05) is 52.0 Å². The predicted molar refractivity (Wildman–Crippen MR) is 144 cm³/mol. The summed E-state index contributed by atoms with van der Waals surface area (Å²) in [6.07, 6.45) is 3.25. The Kier molecular flexibility index (Phi) is 9.24. The van der Waals surface area contributed by atoms with E-state index in [1.54, 1.807) is 42.6 Å². The Labute approximate surface area is 226 Å². The number of nitrogens with zero attached hydrogens (tertiary/aromatic N) is 2. The first-order chi connectivity index (χ1) is 17.1. The van der Waals surface area contributed by atoms with Gasteiger partial charge in [-0.25, -0.2) is 0 Å². The van der Waals surface area contributed by atoms with Crippen LogP contribution in [-0.2, 0) is 15.3 Å². The number of hydrogen-bond acceptors (Lipinski definition) is 5. The minimum absolute atomic E-state index is 0.0184. The van der Waals surface area contributed by atoms with Crippen molar-refractivity contribution >= 4 is 51.5 Å². The summed E-state index contributed by atoms with van der Waals surface area (Å²) < 4.78 is 12.1. The molecule has 0 aliphatic heterocycles. The van der Waals surface area contributed by atoms with Crippen LogP contribution in [0.4, 0.5) is 0 Å². The van der Waals surface area contributed by atoms with E-state index in [1.165, 1.54) is 0 Å². The van der Waals surface area contributed by atoms with E-state index in [2.05, 4.69) is 11.1 Å². The second-order valence-corrected chi connectivity index (χ2v) is 10.6. The Morgan fingerprint density at radius 2 is 1.67 bits per heavy atom. The average Bonchev–Trinajstić information content (AvgIpc) is 2.83. The van der Waals surface area contributed by atoms with Crippen molar-refractivity contribution in [3.05, 3.63) is 82.1 Å². The van der Waals surface area contributed by atoms with E-state index in [0.29, 0.717) is 5.02 Å². The van der Waals surface area contributed by atoms with Crippen molar-refractivity contribution in [3.63, 3.8) is 0 Å². The molecule has 3 aromatic rings. The summed E-state index contributed by atoms with van der Waals surface area (Å²) in [4.78, 5) is 18.2. The molecule has 188 valence electrons. The molecule has 5 nitrogen and oxygen atoms in total. The molecule has 0 bridgehead atoms. The van der Waals surface area contributed by atoms with Gasteiger partial charge in [0.2, 0.25) is 0 Å². The van der Waals surface area contributed by atoms with Crippen molar-refractivity contribution in [2.24, 2.45) is 23.7 Å². The fourth-order valence-corrected chi connectivity index (χ4v) is 4.52. The van der Waals surface area contributed by atoms with Gasteiger partial charge in [0.15, 0.2) is 6.07 Å². The number of hydrogen-bond donors (Lipinski definition) is 0. The Morgan fingerprint density at radius 1 is 1.03 bits per heavy atom. The van der Waals surface area contributed by atoms with Crippen molar-refractivity contribution < 1.29 is 14.3 Å². The van der Waals surface area contributed by atoms with Crippen LogP contribution in [0.5, 0.6) is 5.75 Å². The van der Waals surface area contributed by atoms with E-state index in [0.717, 1.165) is 10.8 Å². The van der Waals surface area contributed by atoms with Gasteiger partial charge in [-0.2, -0.15) is 5.26 Å². The van der Waals surface area contributed by atoms with Crippen LogP contribution in [0.25, 0.3) is 10.8 Å². The number of nitriles is 1. The van der Waals surface area contributed by atoms with Gasteiger partial charge in [0.1, 0.15) is 15.9 Å². The van der Waals surface area contributed by atoms with E-state index in [-0.39, 0.29) is 33.7 Å². The van der Waals surface area contributed by atoms with Crippen LogP contribution < -0.4 is 4.74 Å². The number of rotatable bonds is 9.